The number of alkyl halides is 1. The van der Waals surface area contributed by atoms with Crippen LogP contribution in [0.15, 0.2) is 35.7 Å². The lowest BCUT2D eigenvalue weighted by Crippen LogP contribution is -2.21. The monoisotopic (exact) mass is 283 g/mol. The van der Waals surface area contributed by atoms with Crippen LogP contribution in [0.5, 0.6) is 0 Å². The highest BCUT2D eigenvalue weighted by molar-refractivity contribution is 7.09. The van der Waals surface area contributed by atoms with Gasteiger partial charge >= 0.3 is 0 Å². The Bertz CT molecular complexity index is 499. The molecule has 0 atom stereocenters. The highest BCUT2D eigenvalue weighted by Crippen LogP contribution is 2.23. The van der Waals surface area contributed by atoms with E-state index in [4.69, 9.17) is 11.6 Å². The lowest BCUT2D eigenvalue weighted by molar-refractivity contribution is 0.625. The summed E-state index contributed by atoms with van der Waals surface area (Å²) in [5.41, 5.74) is 1.71. The molecule has 0 radical (unpaired) electrons. The zero-order valence-electron chi connectivity index (χ0n) is 10.2. The summed E-state index contributed by atoms with van der Waals surface area (Å²) in [5.74, 6) is 0.106. The fraction of sp³-hybridized carbons (Fsp3) is 0.286. The first-order chi connectivity index (χ1) is 8.72. The number of rotatable bonds is 5. The molecule has 1 aromatic heterocycles. The Hall–Kier alpha value is -1.06. The second kappa shape index (κ2) is 6.21. The summed E-state index contributed by atoms with van der Waals surface area (Å²) >= 11 is 7.49. The van der Waals surface area contributed by atoms with E-state index >= 15 is 0 Å². The summed E-state index contributed by atoms with van der Waals surface area (Å²) in [5, 5.41) is 2.05. The van der Waals surface area contributed by atoms with Crippen LogP contribution in [0.1, 0.15) is 17.4 Å². The maximum absolute atomic E-state index is 13.5. The average Bonchev–Trinajstić information content (AvgIpc) is 2.88. The molecule has 0 saturated carbocycles. The van der Waals surface area contributed by atoms with Gasteiger partial charge in [-0.2, -0.15) is 0 Å². The van der Waals surface area contributed by atoms with E-state index in [1.54, 1.807) is 17.4 Å². The fourth-order valence-electron chi connectivity index (χ4n) is 1.87. The molecule has 96 valence electrons. The third-order valence-electron chi connectivity index (χ3n) is 2.77. The first-order valence-corrected chi connectivity index (χ1v) is 7.27. The van der Waals surface area contributed by atoms with E-state index < -0.39 is 0 Å². The molecule has 1 aromatic carbocycles. The van der Waals surface area contributed by atoms with Crippen LogP contribution in [-0.2, 0) is 12.4 Å². The van der Waals surface area contributed by atoms with Gasteiger partial charge in [0.15, 0.2) is 0 Å². The summed E-state index contributed by atoms with van der Waals surface area (Å²) < 4.78 is 13.5. The minimum absolute atomic E-state index is 0.229. The molecular formula is C14H15ClFNS. The summed E-state index contributed by atoms with van der Waals surface area (Å²) in [6.07, 6.45) is 0. The van der Waals surface area contributed by atoms with Gasteiger partial charge < -0.3 is 4.90 Å². The molecule has 4 heteroatoms. The zero-order chi connectivity index (χ0) is 13.0. The first-order valence-electron chi connectivity index (χ1n) is 5.85. The number of nitrogens with zero attached hydrogens (tertiary/aromatic N) is 1. The molecule has 0 aliphatic heterocycles. The molecule has 0 unspecified atom stereocenters. The summed E-state index contributed by atoms with van der Waals surface area (Å²) in [4.78, 5) is 3.42. The van der Waals surface area contributed by atoms with Crippen molar-refractivity contribution >= 4 is 28.6 Å². The molecule has 2 aromatic rings. The van der Waals surface area contributed by atoms with Crippen molar-refractivity contribution in [3.63, 3.8) is 0 Å². The molecule has 1 heterocycles. The van der Waals surface area contributed by atoms with E-state index in [0.717, 1.165) is 24.3 Å². The topological polar surface area (TPSA) is 3.24 Å². The Balaban J connectivity index is 2.24. The Morgan fingerprint density at radius 1 is 1.33 bits per heavy atom. The van der Waals surface area contributed by atoms with Crippen molar-refractivity contribution < 1.29 is 4.39 Å². The Morgan fingerprint density at radius 2 is 2.17 bits per heavy atom. The van der Waals surface area contributed by atoms with Gasteiger partial charge in [0, 0.05) is 23.0 Å². The van der Waals surface area contributed by atoms with Gasteiger partial charge in [0.25, 0.3) is 0 Å². The number of halogens is 2. The molecule has 0 aliphatic carbocycles. The van der Waals surface area contributed by atoms with Crippen molar-refractivity contribution in [3.05, 3.63) is 52.0 Å². The van der Waals surface area contributed by atoms with Crippen LogP contribution in [-0.4, -0.2) is 6.54 Å². The summed E-state index contributed by atoms with van der Waals surface area (Å²) in [6, 6.07) is 9.12. The minimum Gasteiger partial charge on any atom is -0.367 e. The van der Waals surface area contributed by atoms with Crippen molar-refractivity contribution in [1.82, 2.24) is 0 Å². The highest BCUT2D eigenvalue weighted by Gasteiger charge is 2.08. The standard InChI is InChI=1S/C14H15ClFNS/c1-2-17(10-14-4-3-5-18-14)13-7-11(9-15)6-12(16)8-13/h3-8H,2,9-10H2,1H3. The lowest BCUT2D eigenvalue weighted by Gasteiger charge is -2.23. The third-order valence-corrected chi connectivity index (χ3v) is 3.94. The van der Waals surface area contributed by atoms with Gasteiger partial charge in [0.05, 0.1) is 6.54 Å². The molecule has 0 saturated heterocycles. The molecule has 18 heavy (non-hydrogen) atoms. The van der Waals surface area contributed by atoms with E-state index in [0.29, 0.717) is 5.88 Å². The maximum Gasteiger partial charge on any atom is 0.125 e. The van der Waals surface area contributed by atoms with Crippen molar-refractivity contribution in [2.75, 3.05) is 11.4 Å². The van der Waals surface area contributed by atoms with Crippen molar-refractivity contribution in [3.8, 4) is 0 Å². The van der Waals surface area contributed by atoms with Gasteiger partial charge in [0.1, 0.15) is 5.82 Å². The zero-order valence-corrected chi connectivity index (χ0v) is 11.8. The third kappa shape index (κ3) is 3.24. The Morgan fingerprint density at radius 3 is 2.78 bits per heavy atom. The van der Waals surface area contributed by atoms with Crippen LogP contribution in [0.4, 0.5) is 10.1 Å². The molecular weight excluding hydrogens is 269 g/mol. The van der Waals surface area contributed by atoms with E-state index in [1.165, 1.54) is 10.9 Å². The van der Waals surface area contributed by atoms with Gasteiger partial charge in [-0.15, -0.1) is 22.9 Å². The van der Waals surface area contributed by atoms with Crippen LogP contribution in [0, 0.1) is 5.82 Å². The van der Waals surface area contributed by atoms with E-state index in [1.807, 2.05) is 12.1 Å². The van der Waals surface area contributed by atoms with E-state index in [-0.39, 0.29) is 5.82 Å². The molecule has 0 N–H and O–H groups in total. The predicted octanol–water partition coefficient (Wildman–Crippen LogP) is 4.65. The van der Waals surface area contributed by atoms with E-state index in [2.05, 4.69) is 23.3 Å². The molecule has 0 bridgehead atoms. The molecule has 0 fully saturated rings. The SMILES string of the molecule is CCN(Cc1cccs1)c1cc(F)cc(CCl)c1. The summed E-state index contributed by atoms with van der Waals surface area (Å²) in [6.45, 7) is 3.71. The minimum atomic E-state index is -0.229. The smallest absolute Gasteiger partial charge is 0.125 e. The molecule has 1 nitrogen and oxygen atoms in total. The number of benzene rings is 1. The predicted molar refractivity (Wildman–Crippen MR) is 77.0 cm³/mol. The largest absolute Gasteiger partial charge is 0.367 e. The van der Waals surface area contributed by atoms with Gasteiger partial charge in [-0.25, -0.2) is 4.39 Å². The summed E-state index contributed by atoms with van der Waals surface area (Å²) in [7, 11) is 0. The van der Waals surface area contributed by atoms with Crippen LogP contribution >= 0.6 is 22.9 Å². The average molecular weight is 284 g/mol. The Kier molecular flexibility index (Phi) is 4.61. The molecule has 0 spiro atoms. The quantitative estimate of drug-likeness (QED) is 0.722. The Labute approximate surface area is 116 Å². The number of anilines is 1. The lowest BCUT2D eigenvalue weighted by atomic mass is 10.2. The van der Waals surface area contributed by atoms with Gasteiger partial charge in [-0.3, -0.25) is 0 Å². The van der Waals surface area contributed by atoms with Crippen LogP contribution in [0.2, 0.25) is 0 Å². The molecule has 0 aliphatic rings. The van der Waals surface area contributed by atoms with Gasteiger partial charge in [0.2, 0.25) is 0 Å². The van der Waals surface area contributed by atoms with Crippen molar-refractivity contribution in [1.29, 1.82) is 0 Å². The van der Waals surface area contributed by atoms with Crippen LogP contribution in [0.25, 0.3) is 0 Å². The van der Waals surface area contributed by atoms with Crippen molar-refractivity contribution in [2.45, 2.75) is 19.3 Å². The highest BCUT2D eigenvalue weighted by atomic mass is 35.5. The number of thiophene rings is 1. The van der Waals surface area contributed by atoms with Gasteiger partial charge in [-0.05, 0) is 42.1 Å². The maximum atomic E-state index is 13.5. The first kappa shape index (κ1) is 13.4. The number of hydrogen-bond acceptors (Lipinski definition) is 2. The molecule has 2 rings (SSSR count). The van der Waals surface area contributed by atoms with Crippen LogP contribution < -0.4 is 4.90 Å². The normalized spacial score (nSPS) is 10.6. The number of hydrogen-bond donors (Lipinski definition) is 0. The van der Waals surface area contributed by atoms with Crippen molar-refractivity contribution in [2.24, 2.45) is 0 Å². The fourth-order valence-corrected chi connectivity index (χ4v) is 2.74. The van der Waals surface area contributed by atoms with Gasteiger partial charge in [-0.1, -0.05) is 6.07 Å². The second-order valence-corrected chi connectivity index (χ2v) is 5.34. The van der Waals surface area contributed by atoms with Crippen LogP contribution in [0.3, 0.4) is 0 Å². The van der Waals surface area contributed by atoms with E-state index in [9.17, 15) is 4.39 Å². The second-order valence-electron chi connectivity index (χ2n) is 4.04. The molecule has 0 amide bonds.